The van der Waals surface area contributed by atoms with Gasteiger partial charge in [-0.2, -0.15) is 0 Å². The summed E-state index contributed by atoms with van der Waals surface area (Å²) in [6.07, 6.45) is 4.02. The molecule has 0 bridgehead atoms. The van der Waals surface area contributed by atoms with Crippen LogP contribution in [-0.4, -0.2) is 34.3 Å². The van der Waals surface area contributed by atoms with Crippen LogP contribution >= 0.6 is 0 Å². The first-order chi connectivity index (χ1) is 6.64. The van der Waals surface area contributed by atoms with E-state index in [2.05, 4.69) is 10.0 Å². The van der Waals surface area contributed by atoms with Crippen LogP contribution in [0.2, 0.25) is 0 Å². The molecule has 0 unspecified atom stereocenters. The maximum Gasteiger partial charge on any atom is 0.211 e. The summed E-state index contributed by atoms with van der Waals surface area (Å²) in [6, 6.07) is 0. The van der Waals surface area contributed by atoms with E-state index in [9.17, 15) is 8.42 Å². The fourth-order valence-electron chi connectivity index (χ4n) is 1.23. The fraction of sp³-hybridized carbons (Fsp3) is 1.00. The third kappa shape index (κ3) is 5.57. The van der Waals surface area contributed by atoms with Crippen molar-refractivity contribution in [3.63, 3.8) is 0 Å². The number of rotatable bonds is 8. The summed E-state index contributed by atoms with van der Waals surface area (Å²) in [5, 5.41) is 3.00. The Morgan fingerprint density at radius 3 is 2.57 bits per heavy atom. The van der Waals surface area contributed by atoms with Crippen LogP contribution in [0.1, 0.15) is 25.7 Å². The van der Waals surface area contributed by atoms with Crippen LogP contribution in [0.25, 0.3) is 0 Å². The number of unbranched alkanes of at least 4 members (excludes halogenated alkanes) is 1. The minimum atomic E-state index is -2.99. The molecule has 5 heteroatoms. The molecule has 1 aliphatic rings. The summed E-state index contributed by atoms with van der Waals surface area (Å²) in [6.45, 7) is 1.53. The first-order valence-corrected chi connectivity index (χ1v) is 6.91. The number of hydrogen-bond acceptors (Lipinski definition) is 3. The predicted molar refractivity (Wildman–Crippen MR) is 57.7 cm³/mol. The van der Waals surface area contributed by atoms with Crippen LogP contribution in [0.3, 0.4) is 0 Å². The quantitative estimate of drug-likeness (QED) is 0.579. The lowest BCUT2D eigenvalue weighted by Gasteiger charge is -2.05. The van der Waals surface area contributed by atoms with Gasteiger partial charge in [-0.25, -0.2) is 13.1 Å². The summed E-state index contributed by atoms with van der Waals surface area (Å²) in [4.78, 5) is 0. The van der Waals surface area contributed by atoms with E-state index in [4.69, 9.17) is 0 Å². The summed E-state index contributed by atoms with van der Waals surface area (Å²) in [5.41, 5.74) is 0. The summed E-state index contributed by atoms with van der Waals surface area (Å²) in [5.74, 6) is 0.878. The maximum atomic E-state index is 11.4. The molecule has 1 fully saturated rings. The number of hydrogen-bond donors (Lipinski definition) is 2. The summed E-state index contributed by atoms with van der Waals surface area (Å²) in [7, 11) is -1.12. The van der Waals surface area contributed by atoms with Gasteiger partial charge in [0.2, 0.25) is 10.0 Å². The molecule has 0 saturated heterocycles. The lowest BCUT2D eigenvalue weighted by atomic mass is 10.3. The van der Waals surface area contributed by atoms with Gasteiger partial charge in [0.15, 0.2) is 0 Å². The van der Waals surface area contributed by atoms with Gasteiger partial charge in [-0.1, -0.05) is 0 Å². The molecular weight excluding hydrogens is 200 g/mol. The Balaban J connectivity index is 2.06. The average Bonchev–Trinajstić information content (AvgIpc) is 2.93. The molecular formula is C9H20N2O2S. The highest BCUT2D eigenvalue weighted by molar-refractivity contribution is 7.89. The van der Waals surface area contributed by atoms with Crippen LogP contribution in [0.5, 0.6) is 0 Å². The molecule has 0 amide bonds. The van der Waals surface area contributed by atoms with E-state index in [-0.39, 0.29) is 5.75 Å². The van der Waals surface area contributed by atoms with Gasteiger partial charge in [-0.15, -0.1) is 0 Å². The monoisotopic (exact) mass is 220 g/mol. The third-order valence-electron chi connectivity index (χ3n) is 2.38. The van der Waals surface area contributed by atoms with E-state index < -0.39 is 10.0 Å². The minimum absolute atomic E-state index is 0.265. The second-order valence-electron chi connectivity index (χ2n) is 3.92. The van der Waals surface area contributed by atoms with E-state index >= 15 is 0 Å². The Kier molecular flexibility index (Phi) is 4.84. The van der Waals surface area contributed by atoms with Crippen LogP contribution in [0, 0.1) is 5.92 Å². The van der Waals surface area contributed by atoms with E-state index in [1.54, 1.807) is 0 Å². The normalized spacial score (nSPS) is 17.2. The molecule has 0 aromatic rings. The standard InChI is InChI=1S/C9H20N2O2S/c1-10-6-2-3-7-14(12,13)11-8-9-4-5-9/h9-11H,2-8H2,1H3. The van der Waals surface area contributed by atoms with Crippen molar-refractivity contribution in [2.75, 3.05) is 25.9 Å². The summed E-state index contributed by atoms with van der Waals surface area (Å²) >= 11 is 0. The van der Waals surface area contributed by atoms with Crippen molar-refractivity contribution in [1.29, 1.82) is 0 Å². The zero-order valence-corrected chi connectivity index (χ0v) is 9.57. The van der Waals surface area contributed by atoms with Gasteiger partial charge in [0.25, 0.3) is 0 Å². The maximum absolute atomic E-state index is 11.4. The van der Waals surface area contributed by atoms with E-state index in [1.807, 2.05) is 7.05 Å². The van der Waals surface area contributed by atoms with Crippen molar-refractivity contribution < 1.29 is 8.42 Å². The van der Waals surface area contributed by atoms with Gasteiger partial charge in [0.05, 0.1) is 5.75 Å². The molecule has 1 rings (SSSR count). The second-order valence-corrected chi connectivity index (χ2v) is 5.85. The van der Waals surface area contributed by atoms with Gasteiger partial charge < -0.3 is 5.32 Å². The highest BCUT2D eigenvalue weighted by Crippen LogP contribution is 2.27. The topological polar surface area (TPSA) is 58.2 Å². The molecule has 84 valence electrons. The Hall–Kier alpha value is -0.130. The zero-order chi connectivity index (χ0) is 10.4. The van der Waals surface area contributed by atoms with Crippen molar-refractivity contribution in [3.05, 3.63) is 0 Å². The molecule has 1 saturated carbocycles. The van der Waals surface area contributed by atoms with Crippen LogP contribution < -0.4 is 10.0 Å². The lowest BCUT2D eigenvalue weighted by Crippen LogP contribution is -2.28. The molecule has 0 aromatic heterocycles. The van der Waals surface area contributed by atoms with Gasteiger partial charge in [-0.05, 0) is 45.2 Å². The Labute approximate surface area is 86.5 Å². The SMILES string of the molecule is CNCCCCS(=O)(=O)NCC1CC1. The second kappa shape index (κ2) is 5.68. The van der Waals surface area contributed by atoms with Crippen molar-refractivity contribution in [2.45, 2.75) is 25.7 Å². The van der Waals surface area contributed by atoms with E-state index in [0.29, 0.717) is 12.5 Å². The predicted octanol–water partition coefficient (Wildman–Crippen LogP) is 0.315. The number of sulfonamides is 1. The van der Waals surface area contributed by atoms with Crippen molar-refractivity contribution >= 4 is 10.0 Å². The van der Waals surface area contributed by atoms with Crippen LogP contribution in [0.15, 0.2) is 0 Å². The molecule has 14 heavy (non-hydrogen) atoms. The molecule has 1 aliphatic carbocycles. The molecule has 4 nitrogen and oxygen atoms in total. The smallest absolute Gasteiger partial charge is 0.211 e. The van der Waals surface area contributed by atoms with Crippen molar-refractivity contribution in [1.82, 2.24) is 10.0 Å². The minimum Gasteiger partial charge on any atom is -0.320 e. The molecule has 0 atom stereocenters. The first kappa shape index (κ1) is 11.9. The van der Waals surface area contributed by atoms with Gasteiger partial charge >= 0.3 is 0 Å². The van der Waals surface area contributed by atoms with Gasteiger partial charge in [0.1, 0.15) is 0 Å². The molecule has 0 radical (unpaired) electrons. The highest BCUT2D eigenvalue weighted by Gasteiger charge is 2.23. The molecule has 2 N–H and O–H groups in total. The lowest BCUT2D eigenvalue weighted by molar-refractivity contribution is 0.572. The zero-order valence-electron chi connectivity index (χ0n) is 8.75. The molecule has 0 aliphatic heterocycles. The first-order valence-electron chi connectivity index (χ1n) is 5.26. The largest absolute Gasteiger partial charge is 0.320 e. The molecule has 0 aromatic carbocycles. The summed E-state index contributed by atoms with van der Waals surface area (Å²) < 4.78 is 25.4. The van der Waals surface area contributed by atoms with E-state index in [1.165, 1.54) is 12.8 Å². The molecule has 0 heterocycles. The van der Waals surface area contributed by atoms with Crippen molar-refractivity contribution in [2.24, 2.45) is 5.92 Å². The van der Waals surface area contributed by atoms with Crippen LogP contribution in [0.4, 0.5) is 0 Å². The van der Waals surface area contributed by atoms with Crippen molar-refractivity contribution in [3.8, 4) is 0 Å². The third-order valence-corrected chi connectivity index (χ3v) is 3.81. The van der Waals surface area contributed by atoms with Gasteiger partial charge in [-0.3, -0.25) is 0 Å². The fourth-order valence-corrected chi connectivity index (χ4v) is 2.45. The highest BCUT2D eigenvalue weighted by atomic mass is 32.2. The molecule has 0 spiro atoms. The number of nitrogens with one attached hydrogen (secondary N) is 2. The average molecular weight is 220 g/mol. The van der Waals surface area contributed by atoms with E-state index in [0.717, 1.165) is 19.4 Å². The van der Waals surface area contributed by atoms with Gasteiger partial charge in [0, 0.05) is 6.54 Å². The van der Waals surface area contributed by atoms with Crippen LogP contribution in [-0.2, 0) is 10.0 Å². The Morgan fingerprint density at radius 2 is 2.00 bits per heavy atom. The Bertz CT molecular complexity index is 248. The Morgan fingerprint density at radius 1 is 1.29 bits per heavy atom.